The first-order valence-electron chi connectivity index (χ1n) is 10.3. The zero-order valence-electron chi connectivity index (χ0n) is 17.6. The molecule has 7 nitrogen and oxygen atoms in total. The number of nitrogens with one attached hydrogen (secondary N) is 2. The van der Waals surface area contributed by atoms with Crippen LogP contribution in [-0.2, 0) is 6.54 Å². The molecule has 0 saturated carbocycles. The molecule has 1 amide bonds. The predicted octanol–water partition coefficient (Wildman–Crippen LogP) is 5.61. The van der Waals surface area contributed by atoms with E-state index in [0.717, 1.165) is 16.7 Å². The van der Waals surface area contributed by atoms with Crippen molar-refractivity contribution in [3.8, 4) is 22.8 Å². The summed E-state index contributed by atoms with van der Waals surface area (Å²) in [6.07, 6.45) is 1.68. The number of pyridine rings is 1. The molecule has 0 spiro atoms. The predicted molar refractivity (Wildman–Crippen MR) is 133 cm³/mol. The van der Waals surface area contributed by atoms with Crippen molar-refractivity contribution in [3.63, 3.8) is 0 Å². The third-order valence-corrected chi connectivity index (χ3v) is 5.47. The van der Waals surface area contributed by atoms with Crippen LogP contribution in [0.5, 0.6) is 0 Å². The zero-order valence-corrected chi connectivity index (χ0v) is 19.2. The molecule has 168 valence electrons. The number of oxazole rings is 1. The summed E-state index contributed by atoms with van der Waals surface area (Å²) >= 11 is 11.3. The Balaban J connectivity index is 1.16. The maximum Gasteiger partial charge on any atom is 0.293 e. The fourth-order valence-electron chi connectivity index (χ4n) is 3.31. The first kappa shape index (κ1) is 21.8. The fraction of sp³-hybridized carbons (Fsp3) is 0.0400. The van der Waals surface area contributed by atoms with Gasteiger partial charge < -0.3 is 14.2 Å². The molecule has 3 aromatic heterocycles. The van der Waals surface area contributed by atoms with Crippen molar-refractivity contribution in [2.75, 3.05) is 0 Å². The molecule has 0 radical (unpaired) electrons. The second-order valence-corrected chi connectivity index (χ2v) is 8.20. The second kappa shape index (κ2) is 9.46. The van der Waals surface area contributed by atoms with Crippen LogP contribution in [0.2, 0.25) is 5.02 Å². The van der Waals surface area contributed by atoms with E-state index < -0.39 is 5.91 Å². The third-order valence-electron chi connectivity index (χ3n) is 4.98. The largest absolute Gasteiger partial charge is 0.451 e. The first-order chi connectivity index (χ1) is 16.5. The van der Waals surface area contributed by atoms with Crippen molar-refractivity contribution in [2.24, 2.45) is 0 Å². The lowest BCUT2D eigenvalue weighted by Crippen LogP contribution is -2.38. The van der Waals surface area contributed by atoms with Crippen LogP contribution in [0, 0.1) is 0 Å². The number of thiocarbonyl (C=S) groups is 1. The molecule has 0 fully saturated rings. The normalized spacial score (nSPS) is 10.9. The summed E-state index contributed by atoms with van der Waals surface area (Å²) in [5.74, 6) is 0.759. The molecule has 34 heavy (non-hydrogen) atoms. The van der Waals surface area contributed by atoms with E-state index in [1.54, 1.807) is 36.5 Å². The van der Waals surface area contributed by atoms with Gasteiger partial charge in [-0.25, -0.2) is 4.98 Å². The summed E-state index contributed by atoms with van der Waals surface area (Å²) < 4.78 is 11.4. The Morgan fingerprint density at radius 2 is 1.82 bits per heavy atom. The monoisotopic (exact) mass is 488 g/mol. The van der Waals surface area contributed by atoms with Gasteiger partial charge in [0.2, 0.25) is 5.89 Å². The molecule has 0 saturated heterocycles. The maximum absolute atomic E-state index is 12.5. The minimum Gasteiger partial charge on any atom is -0.451 e. The minimum atomic E-state index is -0.439. The third kappa shape index (κ3) is 4.83. The molecule has 0 atom stereocenters. The number of furan rings is 1. The fourth-order valence-corrected chi connectivity index (χ4v) is 3.66. The molecule has 2 N–H and O–H groups in total. The lowest BCUT2D eigenvalue weighted by atomic mass is 10.1. The number of benzene rings is 2. The molecule has 0 bridgehead atoms. The molecule has 3 heterocycles. The lowest BCUT2D eigenvalue weighted by molar-refractivity contribution is 0.0950. The van der Waals surface area contributed by atoms with Gasteiger partial charge in [-0.1, -0.05) is 35.9 Å². The van der Waals surface area contributed by atoms with Gasteiger partial charge in [-0.15, -0.1) is 0 Å². The van der Waals surface area contributed by atoms with Crippen molar-refractivity contribution >= 4 is 46.1 Å². The smallest absolute Gasteiger partial charge is 0.293 e. The molecule has 5 rings (SSSR count). The molecule has 0 unspecified atom stereocenters. The van der Waals surface area contributed by atoms with Crippen molar-refractivity contribution in [1.82, 2.24) is 20.6 Å². The van der Waals surface area contributed by atoms with E-state index in [9.17, 15) is 4.79 Å². The highest BCUT2D eigenvalue weighted by atomic mass is 35.5. The number of hydrogen-bond donors (Lipinski definition) is 2. The van der Waals surface area contributed by atoms with Crippen LogP contribution in [0.25, 0.3) is 34.0 Å². The standard InChI is InChI=1S/C25H17ClN4O3S/c26-18-4-1-3-17(13-18)19-10-11-21(32-19)23(31)30-25(34)28-14-15-6-8-16(9-7-15)24-29-22-20(33-24)5-2-12-27-22/h1-13H,14H2,(H2,28,30,31,34). The van der Waals surface area contributed by atoms with E-state index in [2.05, 4.69) is 20.6 Å². The van der Waals surface area contributed by atoms with Crippen molar-refractivity contribution < 1.29 is 13.6 Å². The Morgan fingerprint density at radius 1 is 0.971 bits per heavy atom. The van der Waals surface area contributed by atoms with Gasteiger partial charge in [0.1, 0.15) is 5.76 Å². The Bertz CT molecular complexity index is 1460. The summed E-state index contributed by atoms with van der Waals surface area (Å²) in [4.78, 5) is 21.1. The zero-order chi connectivity index (χ0) is 23.5. The van der Waals surface area contributed by atoms with Crippen LogP contribution in [0.3, 0.4) is 0 Å². The summed E-state index contributed by atoms with van der Waals surface area (Å²) in [6.45, 7) is 0.431. The SMILES string of the molecule is O=C(NC(=S)NCc1ccc(-c2nc3ncccc3o2)cc1)c1ccc(-c2cccc(Cl)c2)o1. The van der Waals surface area contributed by atoms with E-state index in [1.165, 1.54) is 0 Å². The molecule has 0 aliphatic carbocycles. The van der Waals surface area contributed by atoms with Gasteiger partial charge in [-0.2, -0.15) is 4.98 Å². The molecular weight excluding hydrogens is 472 g/mol. The Hall–Kier alpha value is -4.01. The second-order valence-electron chi connectivity index (χ2n) is 7.35. The molecule has 0 aliphatic heterocycles. The first-order valence-corrected chi connectivity index (χ1v) is 11.1. The van der Waals surface area contributed by atoms with Crippen molar-refractivity contribution in [1.29, 1.82) is 0 Å². The molecular formula is C25H17ClN4O3S. The number of halogens is 1. The summed E-state index contributed by atoms with van der Waals surface area (Å²) in [7, 11) is 0. The number of carbonyl (C=O) groups excluding carboxylic acids is 1. The number of rotatable bonds is 5. The highest BCUT2D eigenvalue weighted by Crippen LogP contribution is 2.25. The van der Waals surface area contributed by atoms with Crippen molar-refractivity contribution in [2.45, 2.75) is 6.54 Å². The van der Waals surface area contributed by atoms with Gasteiger partial charge in [-0.3, -0.25) is 10.1 Å². The Morgan fingerprint density at radius 3 is 2.62 bits per heavy atom. The van der Waals surface area contributed by atoms with Gasteiger partial charge in [-0.05, 0) is 66.3 Å². The molecule has 2 aromatic carbocycles. The van der Waals surface area contributed by atoms with Crippen LogP contribution >= 0.6 is 23.8 Å². The van der Waals surface area contributed by atoms with E-state index in [4.69, 9.17) is 32.7 Å². The maximum atomic E-state index is 12.5. The summed E-state index contributed by atoms with van der Waals surface area (Å²) in [6, 6.07) is 21.8. The lowest BCUT2D eigenvalue weighted by Gasteiger charge is -2.09. The van der Waals surface area contributed by atoms with Crippen LogP contribution in [0.15, 0.2) is 87.8 Å². The number of fused-ring (bicyclic) bond motifs is 1. The Kier molecular flexibility index (Phi) is 6.07. The average molecular weight is 489 g/mol. The van der Waals surface area contributed by atoms with E-state index >= 15 is 0 Å². The number of hydrogen-bond acceptors (Lipinski definition) is 6. The highest BCUT2D eigenvalue weighted by molar-refractivity contribution is 7.80. The number of aromatic nitrogens is 2. The van der Waals surface area contributed by atoms with Crippen LogP contribution in [0.4, 0.5) is 0 Å². The van der Waals surface area contributed by atoms with Gasteiger partial charge in [0.25, 0.3) is 5.91 Å². The average Bonchev–Trinajstić information content (AvgIpc) is 3.51. The summed E-state index contributed by atoms with van der Waals surface area (Å²) in [5, 5.41) is 6.42. The number of carbonyl (C=O) groups is 1. The molecule has 0 aliphatic rings. The van der Waals surface area contributed by atoms with Gasteiger partial charge in [0.05, 0.1) is 0 Å². The van der Waals surface area contributed by atoms with E-state index in [1.807, 2.05) is 42.5 Å². The number of amides is 1. The van der Waals surface area contributed by atoms with Crippen molar-refractivity contribution in [3.05, 3.63) is 95.3 Å². The summed E-state index contributed by atoms with van der Waals surface area (Å²) in [5.41, 5.74) is 3.80. The van der Waals surface area contributed by atoms with Crippen LogP contribution < -0.4 is 10.6 Å². The quantitative estimate of drug-likeness (QED) is 0.311. The van der Waals surface area contributed by atoms with Crippen LogP contribution in [-0.4, -0.2) is 21.0 Å². The van der Waals surface area contributed by atoms with Gasteiger partial charge >= 0.3 is 0 Å². The molecule has 5 aromatic rings. The Labute approximate surface area is 204 Å². The minimum absolute atomic E-state index is 0.149. The van der Waals surface area contributed by atoms with Gasteiger partial charge in [0, 0.05) is 28.9 Å². The van der Waals surface area contributed by atoms with Crippen LogP contribution in [0.1, 0.15) is 16.1 Å². The number of nitrogens with zero attached hydrogens (tertiary/aromatic N) is 2. The topological polar surface area (TPSA) is 93.2 Å². The van der Waals surface area contributed by atoms with E-state index in [-0.39, 0.29) is 10.9 Å². The molecule has 9 heteroatoms. The van der Waals surface area contributed by atoms with E-state index in [0.29, 0.717) is 34.4 Å². The highest BCUT2D eigenvalue weighted by Gasteiger charge is 2.14. The van der Waals surface area contributed by atoms with Gasteiger partial charge in [0.15, 0.2) is 22.1 Å².